The van der Waals surface area contributed by atoms with Crippen LogP contribution >= 0.6 is 15.9 Å². The zero-order chi connectivity index (χ0) is 14.1. The average molecular weight is 335 g/mol. The smallest absolute Gasteiger partial charge is 0.124 e. The molecular weight excluding hydrogens is 319 g/mol. The van der Waals surface area contributed by atoms with Gasteiger partial charge >= 0.3 is 0 Å². The van der Waals surface area contributed by atoms with Gasteiger partial charge in [0, 0.05) is 29.8 Å². The minimum absolute atomic E-state index is 0.211. The number of benzene rings is 2. The summed E-state index contributed by atoms with van der Waals surface area (Å²) in [5, 5.41) is 0. The number of fused-ring (bicyclic) bond motifs is 1. The summed E-state index contributed by atoms with van der Waals surface area (Å²) in [5.41, 5.74) is 10.5. The summed E-state index contributed by atoms with van der Waals surface area (Å²) in [4.78, 5) is 2.36. The fourth-order valence-corrected chi connectivity index (χ4v) is 3.14. The molecule has 2 aromatic carbocycles. The molecule has 0 aromatic heterocycles. The van der Waals surface area contributed by atoms with Crippen LogP contribution in [0.3, 0.4) is 0 Å². The molecule has 1 heterocycles. The van der Waals surface area contributed by atoms with Crippen molar-refractivity contribution in [2.75, 3.05) is 12.3 Å². The lowest BCUT2D eigenvalue weighted by Gasteiger charge is -2.29. The maximum absolute atomic E-state index is 13.1. The van der Waals surface area contributed by atoms with Gasteiger partial charge in [-0.15, -0.1) is 0 Å². The molecule has 0 aliphatic carbocycles. The van der Waals surface area contributed by atoms with E-state index in [-0.39, 0.29) is 5.82 Å². The second-order valence-electron chi connectivity index (χ2n) is 5.22. The van der Waals surface area contributed by atoms with E-state index < -0.39 is 0 Å². The normalized spacial score (nSPS) is 15.1. The first-order valence-electron chi connectivity index (χ1n) is 6.65. The lowest BCUT2D eigenvalue weighted by Crippen LogP contribution is -2.30. The first-order valence-corrected chi connectivity index (χ1v) is 7.45. The number of rotatable bonds is 2. The van der Waals surface area contributed by atoms with E-state index in [0.717, 1.165) is 41.8 Å². The lowest BCUT2D eigenvalue weighted by molar-refractivity contribution is 0.245. The lowest BCUT2D eigenvalue weighted by atomic mass is 9.99. The molecule has 0 spiro atoms. The van der Waals surface area contributed by atoms with Gasteiger partial charge in [0.1, 0.15) is 5.82 Å². The molecule has 0 fully saturated rings. The van der Waals surface area contributed by atoms with E-state index in [1.165, 1.54) is 23.3 Å². The molecule has 0 unspecified atom stereocenters. The van der Waals surface area contributed by atoms with E-state index in [1.807, 2.05) is 12.1 Å². The summed E-state index contributed by atoms with van der Waals surface area (Å²) >= 11 is 3.43. The molecule has 0 bridgehead atoms. The van der Waals surface area contributed by atoms with E-state index in [2.05, 4.69) is 33.0 Å². The van der Waals surface area contributed by atoms with E-state index >= 15 is 0 Å². The summed E-state index contributed by atoms with van der Waals surface area (Å²) in [6.07, 6.45) is 1.04. The van der Waals surface area contributed by atoms with Crippen molar-refractivity contribution in [3.05, 3.63) is 63.4 Å². The monoisotopic (exact) mass is 334 g/mol. The fraction of sp³-hybridized carbons (Fsp3) is 0.250. The van der Waals surface area contributed by atoms with Crippen LogP contribution in [0.25, 0.3) is 0 Å². The van der Waals surface area contributed by atoms with E-state index in [4.69, 9.17) is 5.73 Å². The Balaban J connectivity index is 1.77. The largest absolute Gasteiger partial charge is 0.399 e. The molecule has 0 saturated heterocycles. The van der Waals surface area contributed by atoms with Crippen LogP contribution < -0.4 is 5.73 Å². The number of nitrogens with two attached hydrogens (primary N) is 1. The topological polar surface area (TPSA) is 29.3 Å². The predicted molar refractivity (Wildman–Crippen MR) is 82.8 cm³/mol. The standard InChI is InChI=1S/C16H16BrFN2/c17-16-8-14(18)3-1-12(16)9-20-6-5-11-2-4-15(19)7-13(11)10-20/h1-4,7-8H,5-6,9-10,19H2. The zero-order valence-electron chi connectivity index (χ0n) is 11.1. The van der Waals surface area contributed by atoms with Gasteiger partial charge in [-0.3, -0.25) is 4.90 Å². The van der Waals surface area contributed by atoms with Crippen LogP contribution in [-0.2, 0) is 19.5 Å². The van der Waals surface area contributed by atoms with Crippen molar-refractivity contribution in [2.24, 2.45) is 0 Å². The minimum Gasteiger partial charge on any atom is -0.399 e. The van der Waals surface area contributed by atoms with E-state index in [0.29, 0.717) is 0 Å². The Bertz CT molecular complexity index is 642. The Hall–Kier alpha value is -1.39. The van der Waals surface area contributed by atoms with Gasteiger partial charge in [-0.25, -0.2) is 4.39 Å². The van der Waals surface area contributed by atoms with Crippen LogP contribution in [0.5, 0.6) is 0 Å². The summed E-state index contributed by atoms with van der Waals surface area (Å²) < 4.78 is 13.9. The van der Waals surface area contributed by atoms with Crippen molar-refractivity contribution < 1.29 is 4.39 Å². The molecule has 1 aliphatic rings. The first kappa shape index (κ1) is 13.6. The number of hydrogen-bond donors (Lipinski definition) is 1. The van der Waals surface area contributed by atoms with Gasteiger partial charge in [0.05, 0.1) is 0 Å². The van der Waals surface area contributed by atoms with Crippen LogP contribution in [0.15, 0.2) is 40.9 Å². The van der Waals surface area contributed by atoms with Gasteiger partial charge in [0.25, 0.3) is 0 Å². The molecular formula is C16H16BrFN2. The maximum atomic E-state index is 13.1. The van der Waals surface area contributed by atoms with E-state index in [9.17, 15) is 4.39 Å². The molecule has 0 radical (unpaired) electrons. The third kappa shape index (κ3) is 2.86. The minimum atomic E-state index is -0.211. The van der Waals surface area contributed by atoms with Crippen molar-refractivity contribution in [1.82, 2.24) is 4.90 Å². The molecule has 3 rings (SSSR count). The second kappa shape index (κ2) is 5.54. The Kier molecular flexibility index (Phi) is 3.76. The molecule has 2 N–H and O–H groups in total. The van der Waals surface area contributed by atoms with Crippen molar-refractivity contribution in [3.8, 4) is 0 Å². The van der Waals surface area contributed by atoms with Gasteiger partial charge in [-0.2, -0.15) is 0 Å². The van der Waals surface area contributed by atoms with Crippen LogP contribution in [0.4, 0.5) is 10.1 Å². The number of nitrogen functional groups attached to an aromatic ring is 1. The molecule has 20 heavy (non-hydrogen) atoms. The third-order valence-electron chi connectivity index (χ3n) is 3.73. The number of hydrogen-bond acceptors (Lipinski definition) is 2. The van der Waals surface area contributed by atoms with Crippen LogP contribution in [-0.4, -0.2) is 11.4 Å². The Morgan fingerprint density at radius 2 is 2.00 bits per heavy atom. The first-order chi connectivity index (χ1) is 9.61. The molecule has 0 amide bonds. The number of halogens is 2. The highest BCUT2D eigenvalue weighted by atomic mass is 79.9. The van der Waals surface area contributed by atoms with Gasteiger partial charge in [-0.05, 0) is 47.4 Å². The fourth-order valence-electron chi connectivity index (χ4n) is 2.66. The van der Waals surface area contributed by atoms with Gasteiger partial charge in [0.2, 0.25) is 0 Å². The van der Waals surface area contributed by atoms with Crippen molar-refractivity contribution in [3.63, 3.8) is 0 Å². The van der Waals surface area contributed by atoms with Gasteiger partial charge < -0.3 is 5.73 Å². The molecule has 0 atom stereocenters. The second-order valence-corrected chi connectivity index (χ2v) is 6.08. The SMILES string of the molecule is Nc1ccc2c(c1)CN(Cc1ccc(F)cc1Br)CC2. The Morgan fingerprint density at radius 3 is 2.80 bits per heavy atom. The third-order valence-corrected chi connectivity index (χ3v) is 4.47. The molecule has 0 saturated carbocycles. The van der Waals surface area contributed by atoms with Crippen LogP contribution in [0.1, 0.15) is 16.7 Å². The molecule has 2 aromatic rings. The average Bonchev–Trinajstić information content (AvgIpc) is 2.41. The van der Waals surface area contributed by atoms with Crippen molar-refractivity contribution in [2.45, 2.75) is 19.5 Å². The number of nitrogens with zero attached hydrogens (tertiary/aromatic N) is 1. The highest BCUT2D eigenvalue weighted by molar-refractivity contribution is 9.10. The molecule has 4 heteroatoms. The highest BCUT2D eigenvalue weighted by Crippen LogP contribution is 2.25. The van der Waals surface area contributed by atoms with Gasteiger partial charge in [0.15, 0.2) is 0 Å². The summed E-state index contributed by atoms with van der Waals surface area (Å²) in [5.74, 6) is -0.211. The van der Waals surface area contributed by atoms with Crippen molar-refractivity contribution in [1.29, 1.82) is 0 Å². The molecule has 1 aliphatic heterocycles. The van der Waals surface area contributed by atoms with Crippen LogP contribution in [0, 0.1) is 5.82 Å². The number of anilines is 1. The summed E-state index contributed by atoms with van der Waals surface area (Å²) in [6.45, 7) is 2.72. The molecule has 104 valence electrons. The molecule has 2 nitrogen and oxygen atoms in total. The Morgan fingerprint density at radius 1 is 1.15 bits per heavy atom. The van der Waals surface area contributed by atoms with E-state index in [1.54, 1.807) is 0 Å². The highest BCUT2D eigenvalue weighted by Gasteiger charge is 2.17. The van der Waals surface area contributed by atoms with Crippen molar-refractivity contribution >= 4 is 21.6 Å². The van der Waals surface area contributed by atoms with Gasteiger partial charge in [-0.1, -0.05) is 28.1 Å². The zero-order valence-corrected chi connectivity index (χ0v) is 12.7. The maximum Gasteiger partial charge on any atom is 0.124 e. The Labute approximate surface area is 126 Å². The summed E-state index contributed by atoms with van der Waals surface area (Å²) in [7, 11) is 0. The predicted octanol–water partition coefficient (Wildman–Crippen LogP) is 3.73. The quantitative estimate of drug-likeness (QED) is 0.848. The van der Waals surface area contributed by atoms with Crippen LogP contribution in [0.2, 0.25) is 0 Å². The summed E-state index contributed by atoms with van der Waals surface area (Å²) in [6, 6.07) is 11.0.